The lowest BCUT2D eigenvalue weighted by Crippen LogP contribution is -2.28. The van der Waals surface area contributed by atoms with Crippen LogP contribution in [0.5, 0.6) is 5.88 Å². The number of aryl methyl sites for hydroxylation is 1. The molecule has 1 aromatic carbocycles. The first-order valence-electron chi connectivity index (χ1n) is 7.10. The Morgan fingerprint density at radius 2 is 2.32 bits per heavy atom. The quantitative estimate of drug-likeness (QED) is 0.913. The van der Waals surface area contributed by atoms with Crippen LogP contribution >= 0.6 is 0 Å². The largest absolute Gasteiger partial charge is 0.476 e. The van der Waals surface area contributed by atoms with E-state index in [9.17, 15) is 0 Å². The highest BCUT2D eigenvalue weighted by Crippen LogP contribution is 2.25. The van der Waals surface area contributed by atoms with Crippen molar-refractivity contribution in [3.05, 3.63) is 36.0 Å². The number of ether oxygens (including phenoxy) is 1. The molecule has 19 heavy (non-hydrogen) atoms. The molecule has 3 nitrogen and oxygen atoms in total. The first-order chi connectivity index (χ1) is 9.36. The van der Waals surface area contributed by atoms with Crippen molar-refractivity contribution >= 4 is 10.8 Å². The van der Waals surface area contributed by atoms with Gasteiger partial charge in [0.15, 0.2) is 0 Å². The maximum atomic E-state index is 5.93. The van der Waals surface area contributed by atoms with Gasteiger partial charge in [-0.15, -0.1) is 0 Å². The third-order valence-corrected chi connectivity index (χ3v) is 3.79. The number of nitrogens with zero attached hydrogens (tertiary/aromatic N) is 1. The lowest BCUT2D eigenvalue weighted by atomic mass is 10.1. The third kappa shape index (κ3) is 2.71. The van der Waals surface area contributed by atoms with Crippen LogP contribution in [0, 0.1) is 0 Å². The summed E-state index contributed by atoms with van der Waals surface area (Å²) in [4.78, 5) is 4.39. The van der Waals surface area contributed by atoms with Gasteiger partial charge in [-0.25, -0.2) is 4.98 Å². The Kier molecular flexibility index (Phi) is 3.65. The van der Waals surface area contributed by atoms with Crippen LogP contribution in [0.4, 0.5) is 0 Å². The molecule has 3 rings (SSSR count). The second-order valence-corrected chi connectivity index (χ2v) is 5.13. The van der Waals surface area contributed by atoms with E-state index >= 15 is 0 Å². The smallest absolute Gasteiger partial charge is 0.221 e. The number of fused-ring (bicyclic) bond motifs is 1. The average molecular weight is 256 g/mol. The minimum Gasteiger partial charge on any atom is -0.476 e. The van der Waals surface area contributed by atoms with Gasteiger partial charge in [-0.1, -0.05) is 19.1 Å². The summed E-state index contributed by atoms with van der Waals surface area (Å²) in [5.41, 5.74) is 1.32. The molecule has 0 aliphatic carbocycles. The molecule has 1 atom stereocenters. The predicted octanol–water partition coefficient (Wildman–Crippen LogP) is 2.93. The zero-order valence-corrected chi connectivity index (χ0v) is 11.4. The van der Waals surface area contributed by atoms with Gasteiger partial charge in [-0.05, 0) is 48.9 Å². The van der Waals surface area contributed by atoms with E-state index in [0.29, 0.717) is 12.6 Å². The van der Waals surface area contributed by atoms with Crippen LogP contribution in [0.3, 0.4) is 0 Å². The van der Waals surface area contributed by atoms with Crippen LogP contribution in [0.15, 0.2) is 30.5 Å². The van der Waals surface area contributed by atoms with Crippen molar-refractivity contribution in [2.24, 2.45) is 0 Å². The van der Waals surface area contributed by atoms with Crippen LogP contribution in [0.25, 0.3) is 10.8 Å². The van der Waals surface area contributed by atoms with Gasteiger partial charge in [0.1, 0.15) is 6.61 Å². The predicted molar refractivity (Wildman–Crippen MR) is 77.6 cm³/mol. The van der Waals surface area contributed by atoms with E-state index in [4.69, 9.17) is 4.74 Å². The van der Waals surface area contributed by atoms with Gasteiger partial charge in [-0.3, -0.25) is 0 Å². The summed E-state index contributed by atoms with van der Waals surface area (Å²) in [6, 6.07) is 9.03. The van der Waals surface area contributed by atoms with Crippen molar-refractivity contribution in [3.63, 3.8) is 0 Å². The maximum Gasteiger partial charge on any atom is 0.221 e. The van der Waals surface area contributed by atoms with Gasteiger partial charge in [0.05, 0.1) is 0 Å². The molecule has 0 spiro atoms. The molecule has 1 N–H and O–H groups in total. The number of hydrogen-bond acceptors (Lipinski definition) is 3. The van der Waals surface area contributed by atoms with E-state index in [1.165, 1.54) is 23.8 Å². The Hall–Kier alpha value is -1.61. The molecule has 2 heterocycles. The van der Waals surface area contributed by atoms with E-state index in [2.05, 4.69) is 35.4 Å². The summed E-state index contributed by atoms with van der Waals surface area (Å²) >= 11 is 0. The summed E-state index contributed by atoms with van der Waals surface area (Å²) < 4.78 is 5.93. The van der Waals surface area contributed by atoms with Crippen molar-refractivity contribution < 1.29 is 4.74 Å². The minimum atomic E-state index is 0.478. The number of aromatic nitrogens is 1. The Morgan fingerprint density at radius 1 is 1.37 bits per heavy atom. The topological polar surface area (TPSA) is 34.1 Å². The number of nitrogens with one attached hydrogen (secondary N) is 1. The molecule has 1 aliphatic heterocycles. The summed E-state index contributed by atoms with van der Waals surface area (Å²) in [6.07, 6.45) is 5.31. The normalized spacial score (nSPS) is 18.9. The number of pyridine rings is 1. The first-order valence-corrected chi connectivity index (χ1v) is 7.10. The molecular formula is C16H20N2O. The fourth-order valence-electron chi connectivity index (χ4n) is 2.60. The molecule has 1 fully saturated rings. The van der Waals surface area contributed by atoms with E-state index in [-0.39, 0.29) is 0 Å². The van der Waals surface area contributed by atoms with Crippen LogP contribution in [-0.2, 0) is 6.42 Å². The maximum absolute atomic E-state index is 5.93. The summed E-state index contributed by atoms with van der Waals surface area (Å²) in [6.45, 7) is 3.99. The van der Waals surface area contributed by atoms with Crippen LogP contribution < -0.4 is 10.1 Å². The Morgan fingerprint density at radius 3 is 3.11 bits per heavy atom. The summed E-state index contributed by atoms with van der Waals surface area (Å²) in [5, 5.41) is 5.77. The molecule has 0 radical (unpaired) electrons. The monoisotopic (exact) mass is 256 g/mol. The third-order valence-electron chi connectivity index (χ3n) is 3.79. The van der Waals surface area contributed by atoms with E-state index in [0.717, 1.165) is 24.2 Å². The van der Waals surface area contributed by atoms with Crippen molar-refractivity contribution in [2.45, 2.75) is 32.2 Å². The molecule has 3 heteroatoms. The fraction of sp³-hybridized carbons (Fsp3) is 0.438. The Balaban J connectivity index is 1.84. The second-order valence-electron chi connectivity index (χ2n) is 5.13. The highest BCUT2D eigenvalue weighted by Gasteiger charge is 2.15. The molecule has 1 aromatic heterocycles. The zero-order valence-electron chi connectivity index (χ0n) is 11.4. The van der Waals surface area contributed by atoms with Crippen LogP contribution in [0.1, 0.15) is 25.3 Å². The number of rotatable bonds is 4. The minimum absolute atomic E-state index is 0.478. The number of benzene rings is 1. The molecule has 1 unspecified atom stereocenters. The standard InChI is InChI=1S/C16H20N2O/c1-2-12-5-6-13-7-9-18-16(15(13)10-12)19-11-14-4-3-8-17-14/h5-7,9-10,14,17H,2-4,8,11H2,1H3. The van der Waals surface area contributed by atoms with E-state index in [1.807, 2.05) is 12.3 Å². The SMILES string of the molecule is CCc1ccc2ccnc(OCC3CCCN3)c2c1. The lowest BCUT2D eigenvalue weighted by Gasteiger charge is -2.13. The fourth-order valence-corrected chi connectivity index (χ4v) is 2.60. The van der Waals surface area contributed by atoms with Gasteiger partial charge < -0.3 is 10.1 Å². The molecule has 2 aromatic rings. The Labute approximate surface area is 114 Å². The zero-order chi connectivity index (χ0) is 13.1. The van der Waals surface area contributed by atoms with Gasteiger partial charge >= 0.3 is 0 Å². The van der Waals surface area contributed by atoms with Gasteiger partial charge in [0, 0.05) is 17.6 Å². The molecule has 1 saturated heterocycles. The van der Waals surface area contributed by atoms with Crippen LogP contribution in [0.2, 0.25) is 0 Å². The second kappa shape index (κ2) is 5.57. The van der Waals surface area contributed by atoms with Crippen molar-refractivity contribution in [3.8, 4) is 5.88 Å². The molecule has 0 amide bonds. The van der Waals surface area contributed by atoms with E-state index < -0.39 is 0 Å². The molecule has 1 aliphatic rings. The van der Waals surface area contributed by atoms with Gasteiger partial charge in [0.25, 0.3) is 0 Å². The molecular weight excluding hydrogens is 236 g/mol. The molecule has 100 valence electrons. The lowest BCUT2D eigenvalue weighted by molar-refractivity contribution is 0.271. The highest BCUT2D eigenvalue weighted by atomic mass is 16.5. The van der Waals surface area contributed by atoms with Crippen LogP contribution in [-0.4, -0.2) is 24.2 Å². The number of hydrogen-bond donors (Lipinski definition) is 1. The molecule has 0 bridgehead atoms. The van der Waals surface area contributed by atoms with Gasteiger partial charge in [0.2, 0.25) is 5.88 Å². The van der Waals surface area contributed by atoms with Crippen molar-refractivity contribution in [1.82, 2.24) is 10.3 Å². The van der Waals surface area contributed by atoms with Gasteiger partial charge in [-0.2, -0.15) is 0 Å². The highest BCUT2D eigenvalue weighted by molar-refractivity contribution is 5.87. The van der Waals surface area contributed by atoms with Crippen molar-refractivity contribution in [2.75, 3.05) is 13.2 Å². The van der Waals surface area contributed by atoms with Crippen molar-refractivity contribution in [1.29, 1.82) is 0 Å². The van der Waals surface area contributed by atoms with E-state index in [1.54, 1.807) is 0 Å². The summed E-state index contributed by atoms with van der Waals surface area (Å²) in [7, 11) is 0. The average Bonchev–Trinajstić information content (AvgIpc) is 2.97. The Bertz CT molecular complexity index is 562. The first kappa shape index (κ1) is 12.4. The summed E-state index contributed by atoms with van der Waals surface area (Å²) in [5.74, 6) is 0.765. The molecule has 0 saturated carbocycles.